The Labute approximate surface area is 145 Å². The second-order valence-corrected chi connectivity index (χ2v) is 7.22. The Hall–Kier alpha value is -1.88. The van der Waals surface area contributed by atoms with Gasteiger partial charge in [0.1, 0.15) is 6.54 Å². The molecule has 1 aromatic rings. The third kappa shape index (κ3) is 6.32. The molecule has 0 atom stereocenters. The molecule has 5 heteroatoms. The van der Waals surface area contributed by atoms with E-state index in [2.05, 4.69) is 11.0 Å². The minimum absolute atomic E-state index is 0.0275. The van der Waals surface area contributed by atoms with E-state index >= 15 is 0 Å². The molecule has 0 aliphatic heterocycles. The smallest absolute Gasteiger partial charge is 0.325 e. The normalized spacial score (nSPS) is 11.5. The van der Waals surface area contributed by atoms with Gasteiger partial charge >= 0.3 is 5.97 Å². The summed E-state index contributed by atoms with van der Waals surface area (Å²) in [5.41, 5.74) is 1.65. The minimum Gasteiger partial charge on any atom is -0.465 e. The van der Waals surface area contributed by atoms with Crippen LogP contribution in [-0.4, -0.2) is 48.9 Å². The second-order valence-electron chi connectivity index (χ2n) is 7.22. The largest absolute Gasteiger partial charge is 0.465 e. The lowest BCUT2D eigenvalue weighted by Gasteiger charge is -2.29. The molecule has 0 aromatic heterocycles. The molecule has 0 bridgehead atoms. The summed E-state index contributed by atoms with van der Waals surface area (Å²) < 4.78 is 5.03. The molecule has 0 fully saturated rings. The first-order valence-electron chi connectivity index (χ1n) is 8.31. The summed E-state index contributed by atoms with van der Waals surface area (Å²) in [4.78, 5) is 28.3. The molecule has 24 heavy (non-hydrogen) atoms. The Balaban J connectivity index is 3.04. The number of hydrogen-bond acceptors (Lipinski definition) is 4. The summed E-state index contributed by atoms with van der Waals surface area (Å²) in [5, 5.41) is 0. The van der Waals surface area contributed by atoms with Gasteiger partial charge in [-0.05, 0) is 32.1 Å². The topological polar surface area (TPSA) is 49.9 Å². The van der Waals surface area contributed by atoms with E-state index in [1.165, 1.54) is 0 Å². The molecule has 1 rings (SSSR count). The predicted molar refractivity (Wildman–Crippen MR) is 95.3 cm³/mol. The second kappa shape index (κ2) is 8.83. The van der Waals surface area contributed by atoms with Crippen molar-refractivity contribution in [2.24, 2.45) is 5.41 Å². The minimum atomic E-state index is -0.553. The summed E-state index contributed by atoms with van der Waals surface area (Å²) in [6.07, 6.45) is 0. The van der Waals surface area contributed by atoms with Gasteiger partial charge in [0.25, 0.3) is 0 Å². The van der Waals surface area contributed by atoms with Crippen molar-refractivity contribution in [3.8, 4) is 0 Å². The predicted octanol–water partition coefficient (Wildman–Crippen LogP) is 2.69. The van der Waals surface area contributed by atoms with Crippen molar-refractivity contribution >= 4 is 11.9 Å². The Morgan fingerprint density at radius 1 is 1.04 bits per heavy atom. The van der Waals surface area contributed by atoms with Crippen LogP contribution in [0.5, 0.6) is 0 Å². The summed E-state index contributed by atoms with van der Waals surface area (Å²) in [7, 11) is 4.01. The fourth-order valence-electron chi connectivity index (χ4n) is 2.45. The first kappa shape index (κ1) is 20.2. The number of benzene rings is 1. The fourth-order valence-corrected chi connectivity index (χ4v) is 2.45. The van der Waals surface area contributed by atoms with E-state index in [0.29, 0.717) is 13.2 Å². The number of rotatable bonds is 7. The summed E-state index contributed by atoms with van der Waals surface area (Å²) in [6, 6.07) is 8.01. The summed E-state index contributed by atoms with van der Waals surface area (Å²) >= 11 is 0. The molecule has 0 aliphatic rings. The highest BCUT2D eigenvalue weighted by molar-refractivity contribution is 5.85. The van der Waals surface area contributed by atoms with E-state index in [1.807, 2.05) is 53.1 Å². The maximum Gasteiger partial charge on any atom is 0.325 e. The van der Waals surface area contributed by atoms with Gasteiger partial charge in [-0.3, -0.25) is 9.59 Å². The van der Waals surface area contributed by atoms with E-state index in [0.717, 1.165) is 17.7 Å². The van der Waals surface area contributed by atoms with Crippen molar-refractivity contribution in [3.05, 3.63) is 35.4 Å². The number of ether oxygens (including phenoxy) is 1. The van der Waals surface area contributed by atoms with Crippen molar-refractivity contribution in [2.45, 2.75) is 40.8 Å². The van der Waals surface area contributed by atoms with E-state index in [9.17, 15) is 9.59 Å². The van der Waals surface area contributed by atoms with Crippen molar-refractivity contribution in [2.75, 3.05) is 27.2 Å². The summed E-state index contributed by atoms with van der Waals surface area (Å²) in [5.74, 6) is -0.435. The molecule has 0 saturated carbocycles. The van der Waals surface area contributed by atoms with E-state index in [1.54, 1.807) is 11.8 Å². The van der Waals surface area contributed by atoms with Crippen LogP contribution in [0.1, 0.15) is 38.8 Å². The number of amides is 1. The first-order chi connectivity index (χ1) is 11.1. The zero-order valence-electron chi connectivity index (χ0n) is 15.8. The highest BCUT2D eigenvalue weighted by Gasteiger charge is 2.29. The average molecular weight is 334 g/mol. The van der Waals surface area contributed by atoms with Gasteiger partial charge in [-0.25, -0.2) is 0 Å². The lowest BCUT2D eigenvalue weighted by Crippen LogP contribution is -2.42. The van der Waals surface area contributed by atoms with Gasteiger partial charge in [0.05, 0.1) is 6.61 Å². The molecule has 0 N–H and O–H groups in total. The van der Waals surface area contributed by atoms with Crippen LogP contribution < -0.4 is 0 Å². The molecule has 134 valence electrons. The van der Waals surface area contributed by atoms with Crippen LogP contribution in [0.2, 0.25) is 0 Å². The Kier molecular flexibility index (Phi) is 7.42. The average Bonchev–Trinajstić information content (AvgIpc) is 2.46. The van der Waals surface area contributed by atoms with Gasteiger partial charge in [0.15, 0.2) is 0 Å². The number of carbonyl (C=O) groups excluding carboxylic acids is 2. The zero-order valence-corrected chi connectivity index (χ0v) is 15.8. The van der Waals surface area contributed by atoms with Crippen LogP contribution in [-0.2, 0) is 27.4 Å². The first-order valence-corrected chi connectivity index (χ1v) is 8.31. The molecule has 1 aromatic carbocycles. The molecule has 0 heterocycles. The molecule has 0 aliphatic carbocycles. The van der Waals surface area contributed by atoms with Crippen molar-refractivity contribution in [3.63, 3.8) is 0 Å². The van der Waals surface area contributed by atoms with Crippen LogP contribution in [0.25, 0.3) is 0 Å². The van der Waals surface area contributed by atoms with Crippen LogP contribution in [0.3, 0.4) is 0 Å². The molecular weight excluding hydrogens is 304 g/mol. The maximum absolute atomic E-state index is 12.8. The third-order valence-electron chi connectivity index (χ3n) is 3.52. The molecule has 5 nitrogen and oxygen atoms in total. The number of nitrogens with zero attached hydrogens (tertiary/aromatic N) is 2. The molecule has 0 spiro atoms. The van der Waals surface area contributed by atoms with Crippen molar-refractivity contribution < 1.29 is 14.3 Å². The monoisotopic (exact) mass is 334 g/mol. The van der Waals surface area contributed by atoms with Gasteiger partial charge in [-0.15, -0.1) is 0 Å². The Bertz CT molecular complexity index is 562. The zero-order chi connectivity index (χ0) is 18.3. The standard InChI is InChI=1S/C19H30N2O3/c1-7-24-17(22)14-21(18(23)19(2,3)4)13-16-11-9-8-10-15(16)12-20(5)6/h8-11H,7,12-14H2,1-6H3. The van der Waals surface area contributed by atoms with Crippen molar-refractivity contribution in [1.82, 2.24) is 9.80 Å². The third-order valence-corrected chi connectivity index (χ3v) is 3.52. The SMILES string of the molecule is CCOC(=O)CN(Cc1ccccc1CN(C)C)C(=O)C(C)(C)C. The van der Waals surface area contributed by atoms with Crippen LogP contribution in [0.4, 0.5) is 0 Å². The van der Waals surface area contributed by atoms with Gasteiger partial charge in [0.2, 0.25) is 5.91 Å². The molecule has 0 saturated heterocycles. The van der Waals surface area contributed by atoms with Crippen molar-refractivity contribution in [1.29, 1.82) is 0 Å². The van der Waals surface area contributed by atoms with E-state index < -0.39 is 5.41 Å². The van der Waals surface area contributed by atoms with Crippen LogP contribution >= 0.6 is 0 Å². The highest BCUT2D eigenvalue weighted by atomic mass is 16.5. The van der Waals surface area contributed by atoms with E-state index in [4.69, 9.17) is 4.74 Å². The quantitative estimate of drug-likeness (QED) is 0.720. The molecule has 0 unspecified atom stereocenters. The fraction of sp³-hybridized carbons (Fsp3) is 0.579. The van der Waals surface area contributed by atoms with Gasteiger partial charge in [0, 0.05) is 18.5 Å². The Morgan fingerprint density at radius 2 is 1.58 bits per heavy atom. The van der Waals surface area contributed by atoms with E-state index in [-0.39, 0.29) is 18.4 Å². The lowest BCUT2D eigenvalue weighted by molar-refractivity contribution is -0.152. The van der Waals surface area contributed by atoms with Gasteiger partial charge < -0.3 is 14.5 Å². The Morgan fingerprint density at radius 3 is 2.04 bits per heavy atom. The van der Waals surface area contributed by atoms with Crippen LogP contribution in [0, 0.1) is 5.41 Å². The lowest BCUT2D eigenvalue weighted by atomic mass is 9.94. The van der Waals surface area contributed by atoms with Gasteiger partial charge in [-0.1, -0.05) is 45.0 Å². The van der Waals surface area contributed by atoms with Gasteiger partial charge in [-0.2, -0.15) is 0 Å². The van der Waals surface area contributed by atoms with Crippen LogP contribution in [0.15, 0.2) is 24.3 Å². The number of esters is 1. The number of carbonyl (C=O) groups is 2. The highest BCUT2D eigenvalue weighted by Crippen LogP contribution is 2.21. The molecule has 1 amide bonds. The maximum atomic E-state index is 12.8. The summed E-state index contributed by atoms with van der Waals surface area (Å²) in [6.45, 7) is 8.82. The number of hydrogen-bond donors (Lipinski definition) is 0. The molecule has 0 radical (unpaired) electrons. The molecular formula is C19H30N2O3.